The number of nitrogens with one attached hydrogen (secondary N) is 1. The molecule has 2 amide bonds. The summed E-state index contributed by atoms with van der Waals surface area (Å²) in [5.41, 5.74) is 0.507. The van der Waals surface area contributed by atoms with Crippen LogP contribution >= 0.6 is 0 Å². The number of carbonyl (C=O) groups excluding carboxylic acids is 1. The van der Waals surface area contributed by atoms with Crippen molar-refractivity contribution in [2.75, 3.05) is 33.4 Å². The lowest BCUT2D eigenvalue weighted by Crippen LogP contribution is -2.40. The second-order valence-corrected chi connectivity index (χ2v) is 4.69. The van der Waals surface area contributed by atoms with Gasteiger partial charge in [0.25, 0.3) is 0 Å². The van der Waals surface area contributed by atoms with Crippen molar-refractivity contribution in [2.45, 2.75) is 12.5 Å². The Bertz CT molecular complexity index is 529. The van der Waals surface area contributed by atoms with Gasteiger partial charge in [-0.05, 0) is 6.07 Å². The smallest absolute Gasteiger partial charge is 0.317 e. The lowest BCUT2D eigenvalue weighted by atomic mass is 10.3. The number of amides is 2. The van der Waals surface area contributed by atoms with Gasteiger partial charge in [0.2, 0.25) is 5.88 Å². The lowest BCUT2D eigenvalue weighted by molar-refractivity contribution is 0.174. The van der Waals surface area contributed by atoms with Crippen LogP contribution in [0.25, 0.3) is 0 Å². The minimum Gasteiger partial charge on any atom is -0.472 e. The van der Waals surface area contributed by atoms with E-state index in [-0.39, 0.29) is 12.1 Å². The normalized spacial score (nSPS) is 17.3. The molecule has 1 aliphatic rings. The molecule has 7 nitrogen and oxygen atoms in total. The largest absolute Gasteiger partial charge is 0.472 e. The summed E-state index contributed by atoms with van der Waals surface area (Å²) in [7, 11) is 1.59. The molecule has 7 heteroatoms. The van der Waals surface area contributed by atoms with E-state index in [9.17, 15) is 4.79 Å². The molecule has 1 aromatic rings. The molecule has 1 atom stereocenters. The van der Waals surface area contributed by atoms with Crippen molar-refractivity contribution in [3.05, 3.63) is 23.9 Å². The maximum Gasteiger partial charge on any atom is 0.317 e. The van der Waals surface area contributed by atoms with E-state index in [0.29, 0.717) is 37.7 Å². The van der Waals surface area contributed by atoms with Crippen molar-refractivity contribution in [3.63, 3.8) is 0 Å². The number of ether oxygens (including phenoxy) is 2. The fraction of sp³-hybridized carbons (Fsp3) is 0.500. The molecule has 0 aliphatic carbocycles. The first-order valence-corrected chi connectivity index (χ1v) is 6.77. The van der Waals surface area contributed by atoms with Gasteiger partial charge in [0, 0.05) is 38.9 Å². The zero-order valence-electron chi connectivity index (χ0n) is 11.9. The Morgan fingerprint density at radius 1 is 1.67 bits per heavy atom. The summed E-state index contributed by atoms with van der Waals surface area (Å²) in [5, 5.41) is 11.6. The lowest BCUT2D eigenvalue weighted by Gasteiger charge is -2.17. The van der Waals surface area contributed by atoms with E-state index in [2.05, 4.69) is 10.3 Å². The summed E-state index contributed by atoms with van der Waals surface area (Å²) in [6.07, 6.45) is 2.19. The average Bonchev–Trinajstić information content (AvgIpc) is 2.96. The van der Waals surface area contributed by atoms with E-state index in [1.807, 2.05) is 6.07 Å². The molecule has 21 heavy (non-hydrogen) atoms. The van der Waals surface area contributed by atoms with Crippen LogP contribution in [0, 0.1) is 11.3 Å². The van der Waals surface area contributed by atoms with Crippen molar-refractivity contribution in [1.29, 1.82) is 5.26 Å². The summed E-state index contributed by atoms with van der Waals surface area (Å²) in [6.45, 7) is 2.13. The number of nitrogens with zero attached hydrogens (tertiary/aromatic N) is 3. The molecule has 1 aliphatic heterocycles. The van der Waals surface area contributed by atoms with Gasteiger partial charge in [-0.15, -0.1) is 0 Å². The van der Waals surface area contributed by atoms with Gasteiger partial charge < -0.3 is 19.7 Å². The van der Waals surface area contributed by atoms with Gasteiger partial charge in [-0.2, -0.15) is 5.26 Å². The molecule has 112 valence electrons. The number of aromatic nitrogens is 1. The van der Waals surface area contributed by atoms with E-state index in [1.165, 1.54) is 6.20 Å². The molecule has 0 saturated carbocycles. The molecule has 0 radical (unpaired) electrons. The van der Waals surface area contributed by atoms with Gasteiger partial charge in [0.1, 0.15) is 6.10 Å². The van der Waals surface area contributed by atoms with Crippen LogP contribution in [0.5, 0.6) is 5.88 Å². The van der Waals surface area contributed by atoms with Gasteiger partial charge in [-0.1, -0.05) is 0 Å². The molecule has 1 fully saturated rings. The Kier molecular flexibility index (Phi) is 5.35. The van der Waals surface area contributed by atoms with Crippen LogP contribution in [0.2, 0.25) is 0 Å². The quantitative estimate of drug-likeness (QED) is 0.809. The maximum absolute atomic E-state index is 11.9. The number of hydrogen-bond acceptors (Lipinski definition) is 5. The van der Waals surface area contributed by atoms with Crippen molar-refractivity contribution in [1.82, 2.24) is 15.2 Å². The Morgan fingerprint density at radius 3 is 3.29 bits per heavy atom. The van der Waals surface area contributed by atoms with Crippen LogP contribution in [-0.4, -0.2) is 55.4 Å². The summed E-state index contributed by atoms with van der Waals surface area (Å²) in [5.74, 6) is 0.417. The van der Waals surface area contributed by atoms with Crippen molar-refractivity contribution in [3.8, 4) is 11.9 Å². The Balaban J connectivity index is 1.82. The van der Waals surface area contributed by atoms with Crippen LogP contribution in [-0.2, 0) is 4.74 Å². The number of nitriles is 1. The van der Waals surface area contributed by atoms with Crippen molar-refractivity contribution >= 4 is 6.03 Å². The molecule has 2 heterocycles. The minimum absolute atomic E-state index is 0.0976. The van der Waals surface area contributed by atoms with Gasteiger partial charge in [0.05, 0.1) is 24.8 Å². The summed E-state index contributed by atoms with van der Waals surface area (Å²) < 4.78 is 10.6. The van der Waals surface area contributed by atoms with E-state index in [1.54, 1.807) is 24.1 Å². The van der Waals surface area contributed by atoms with E-state index < -0.39 is 0 Å². The maximum atomic E-state index is 11.9. The highest BCUT2D eigenvalue weighted by Crippen LogP contribution is 2.17. The standard InChI is InChI=1S/C14H18N4O3/c1-20-7-5-17-14(19)18-6-3-12(10-18)21-13-8-11(9-15)2-4-16-13/h2,4,8,12H,3,5-7,10H2,1H3,(H,17,19). The van der Waals surface area contributed by atoms with E-state index >= 15 is 0 Å². The molecule has 1 unspecified atom stereocenters. The third-order valence-corrected chi connectivity index (χ3v) is 3.17. The van der Waals surface area contributed by atoms with Crippen molar-refractivity contribution < 1.29 is 14.3 Å². The molecule has 1 aromatic heterocycles. The molecule has 1 N–H and O–H groups in total. The molecular weight excluding hydrogens is 272 g/mol. The monoisotopic (exact) mass is 290 g/mol. The molecular formula is C14H18N4O3. The number of methoxy groups -OCH3 is 1. The van der Waals surface area contributed by atoms with Crippen LogP contribution in [0.15, 0.2) is 18.3 Å². The summed E-state index contributed by atoms with van der Waals surface area (Å²) in [4.78, 5) is 17.6. The Hall–Kier alpha value is -2.33. The molecule has 0 bridgehead atoms. The fourth-order valence-corrected chi connectivity index (χ4v) is 2.09. The van der Waals surface area contributed by atoms with Crippen LogP contribution < -0.4 is 10.1 Å². The number of carbonyl (C=O) groups is 1. The highest BCUT2D eigenvalue weighted by atomic mass is 16.5. The zero-order valence-corrected chi connectivity index (χ0v) is 11.9. The highest BCUT2D eigenvalue weighted by molar-refractivity contribution is 5.74. The fourth-order valence-electron chi connectivity index (χ4n) is 2.09. The van der Waals surface area contributed by atoms with Crippen LogP contribution in [0.1, 0.15) is 12.0 Å². The van der Waals surface area contributed by atoms with Crippen LogP contribution in [0.4, 0.5) is 4.79 Å². The second kappa shape index (κ2) is 7.45. The van der Waals surface area contributed by atoms with Gasteiger partial charge >= 0.3 is 6.03 Å². The first-order valence-electron chi connectivity index (χ1n) is 6.77. The molecule has 0 spiro atoms. The Morgan fingerprint density at radius 2 is 2.52 bits per heavy atom. The number of rotatable bonds is 5. The van der Waals surface area contributed by atoms with E-state index in [4.69, 9.17) is 14.7 Å². The first kappa shape index (κ1) is 15.1. The molecule has 1 saturated heterocycles. The number of pyridine rings is 1. The SMILES string of the molecule is COCCNC(=O)N1CCC(Oc2cc(C#N)ccn2)C1. The Labute approximate surface area is 123 Å². The third kappa shape index (κ3) is 4.33. The molecule has 0 aromatic carbocycles. The predicted octanol–water partition coefficient (Wildman–Crippen LogP) is 0.762. The summed E-state index contributed by atoms with van der Waals surface area (Å²) in [6, 6.07) is 5.15. The molecule has 2 rings (SSSR count). The average molecular weight is 290 g/mol. The topological polar surface area (TPSA) is 87.5 Å². The number of likely N-dealkylation sites (tertiary alicyclic amines) is 1. The predicted molar refractivity (Wildman–Crippen MR) is 74.8 cm³/mol. The van der Waals surface area contributed by atoms with Gasteiger partial charge in [-0.3, -0.25) is 0 Å². The highest BCUT2D eigenvalue weighted by Gasteiger charge is 2.27. The van der Waals surface area contributed by atoms with Crippen LogP contribution in [0.3, 0.4) is 0 Å². The first-order chi connectivity index (χ1) is 10.2. The van der Waals surface area contributed by atoms with Crippen molar-refractivity contribution in [2.24, 2.45) is 0 Å². The number of hydrogen-bond donors (Lipinski definition) is 1. The summed E-state index contributed by atoms with van der Waals surface area (Å²) >= 11 is 0. The van der Waals surface area contributed by atoms with E-state index in [0.717, 1.165) is 6.42 Å². The zero-order chi connectivity index (χ0) is 15.1. The minimum atomic E-state index is -0.114. The third-order valence-electron chi connectivity index (χ3n) is 3.17. The number of urea groups is 1. The van der Waals surface area contributed by atoms with Gasteiger partial charge in [0.15, 0.2) is 0 Å². The second-order valence-electron chi connectivity index (χ2n) is 4.69. The van der Waals surface area contributed by atoms with Gasteiger partial charge in [-0.25, -0.2) is 9.78 Å².